The number of rotatable bonds is 15. The van der Waals surface area contributed by atoms with Crippen LogP contribution in [-0.2, 0) is 32.6 Å². The van der Waals surface area contributed by atoms with Gasteiger partial charge in [-0.2, -0.15) is 0 Å². The summed E-state index contributed by atoms with van der Waals surface area (Å²) in [5, 5.41) is 9.98. The molecule has 0 spiro atoms. The van der Waals surface area contributed by atoms with E-state index in [0.717, 1.165) is 9.13 Å². The standard InChI is InChI=1S/C25H34N11O11P/c1-4-43-21(37)5-6-28-48(42,44-11-17-15(31-33-26)7-19(46-17)35-9-13(2)22(38)29-24(35)40)45-12-18-16(32-34-27)8-20(47-18)36-10-14(3)23(39)30-25(36)41/h9-10,15-20H,4-8,11-12H2,1-3H3,(H,28,42)(H,29,38,40)(H,30,39,41)/t15-,16-,17+,18+,19+,20+/m0/s1. The van der Waals surface area contributed by atoms with Crippen LogP contribution in [0, 0.1) is 13.8 Å². The van der Waals surface area contributed by atoms with Crippen molar-refractivity contribution in [3.63, 3.8) is 0 Å². The minimum absolute atomic E-state index is 0.0136. The molecule has 2 aromatic rings. The van der Waals surface area contributed by atoms with E-state index in [9.17, 15) is 28.5 Å². The SMILES string of the molecule is CCOC(=O)CCNP(=O)(OC[C@H]1O[C@@H](n2cc(C)c(=O)[nH]c2=O)C[C@@H]1N=[N+]=[N-])OC[C@H]1O[C@@H](n2cc(C)c(=O)[nH]c2=O)C[C@@H]1N=[N+]=[N-]. The van der Waals surface area contributed by atoms with Gasteiger partial charge in [-0.05, 0) is 31.8 Å². The maximum atomic E-state index is 14.0. The second-order valence-corrected chi connectivity index (χ2v) is 12.6. The molecule has 0 unspecified atom stereocenters. The Bertz CT molecular complexity index is 1760. The number of carbonyl (C=O) groups is 1. The maximum absolute atomic E-state index is 14.0. The van der Waals surface area contributed by atoms with Crippen molar-refractivity contribution in [1.29, 1.82) is 0 Å². The number of ether oxygens (including phenoxy) is 3. The molecule has 0 amide bonds. The molecule has 2 saturated heterocycles. The monoisotopic (exact) mass is 695 g/mol. The van der Waals surface area contributed by atoms with E-state index in [-0.39, 0.29) is 43.5 Å². The number of aromatic nitrogens is 4. The van der Waals surface area contributed by atoms with Gasteiger partial charge in [-0.15, -0.1) is 0 Å². The summed E-state index contributed by atoms with van der Waals surface area (Å²) in [6, 6.07) is -1.78. The van der Waals surface area contributed by atoms with Gasteiger partial charge in [0, 0.05) is 52.7 Å². The number of H-pyrrole nitrogens is 2. The van der Waals surface area contributed by atoms with Crippen LogP contribution in [0.4, 0.5) is 0 Å². The quantitative estimate of drug-likeness (QED) is 0.0781. The van der Waals surface area contributed by atoms with Crippen LogP contribution in [-0.4, -0.2) is 75.7 Å². The van der Waals surface area contributed by atoms with Crippen molar-refractivity contribution in [2.75, 3.05) is 26.4 Å². The fourth-order valence-corrected chi connectivity index (χ4v) is 6.38. The summed E-state index contributed by atoms with van der Waals surface area (Å²) in [5.74, 6) is -0.587. The first kappa shape index (κ1) is 36.3. The lowest BCUT2D eigenvalue weighted by atomic mass is 10.1. The molecular formula is C25H34N11O11P. The van der Waals surface area contributed by atoms with Crippen molar-refractivity contribution < 1.29 is 32.6 Å². The molecule has 0 radical (unpaired) electrons. The van der Waals surface area contributed by atoms with Gasteiger partial charge in [-0.25, -0.2) is 19.2 Å². The summed E-state index contributed by atoms with van der Waals surface area (Å²) >= 11 is 0. The third kappa shape index (κ3) is 8.88. The molecule has 22 nitrogen and oxygen atoms in total. The molecule has 48 heavy (non-hydrogen) atoms. The van der Waals surface area contributed by atoms with Crippen molar-refractivity contribution in [3.05, 3.63) is 86.1 Å². The van der Waals surface area contributed by atoms with E-state index >= 15 is 0 Å². The minimum atomic E-state index is -4.34. The van der Waals surface area contributed by atoms with Gasteiger partial charge in [0.2, 0.25) is 0 Å². The van der Waals surface area contributed by atoms with E-state index in [2.05, 4.69) is 35.1 Å². The number of aryl methyl sites for hydroxylation is 2. The fourth-order valence-electron chi connectivity index (χ4n) is 5.05. The zero-order chi connectivity index (χ0) is 35.0. The second kappa shape index (κ2) is 16.1. The van der Waals surface area contributed by atoms with Gasteiger partial charge in [-0.1, -0.05) is 10.2 Å². The van der Waals surface area contributed by atoms with Crippen molar-refractivity contribution >= 4 is 13.7 Å². The van der Waals surface area contributed by atoms with Crippen LogP contribution < -0.4 is 27.6 Å². The Morgan fingerprint density at radius 2 is 1.40 bits per heavy atom. The molecule has 23 heteroatoms. The molecular weight excluding hydrogens is 661 g/mol. The molecule has 260 valence electrons. The zero-order valence-electron chi connectivity index (χ0n) is 26.1. The van der Waals surface area contributed by atoms with E-state index in [0.29, 0.717) is 0 Å². The van der Waals surface area contributed by atoms with E-state index < -0.39 is 86.2 Å². The van der Waals surface area contributed by atoms with Crippen LogP contribution in [0.25, 0.3) is 20.9 Å². The first-order valence-electron chi connectivity index (χ1n) is 14.7. The maximum Gasteiger partial charge on any atom is 0.405 e. The topological polar surface area (TPSA) is 300 Å². The second-order valence-electron chi connectivity index (χ2n) is 10.8. The van der Waals surface area contributed by atoms with Gasteiger partial charge in [-0.3, -0.25) is 42.5 Å². The summed E-state index contributed by atoms with van der Waals surface area (Å²) in [6.45, 7) is 3.55. The highest BCUT2D eigenvalue weighted by Gasteiger charge is 2.41. The number of hydrogen-bond acceptors (Lipinski definition) is 13. The molecule has 0 aromatic carbocycles. The molecule has 0 aliphatic carbocycles. The number of carbonyl (C=O) groups excluding carboxylic acids is 1. The van der Waals surface area contributed by atoms with E-state index in [1.54, 1.807) is 6.92 Å². The molecule has 2 aliphatic rings. The highest BCUT2D eigenvalue weighted by Crippen LogP contribution is 2.46. The summed E-state index contributed by atoms with van der Waals surface area (Å²) in [7, 11) is -4.34. The highest BCUT2D eigenvalue weighted by atomic mass is 31.2. The van der Waals surface area contributed by atoms with Crippen LogP contribution in [0.5, 0.6) is 0 Å². The first-order chi connectivity index (χ1) is 22.9. The lowest BCUT2D eigenvalue weighted by Crippen LogP contribution is -2.34. The van der Waals surface area contributed by atoms with E-state index in [1.165, 1.54) is 26.2 Å². The Morgan fingerprint density at radius 3 is 1.81 bits per heavy atom. The van der Waals surface area contributed by atoms with Gasteiger partial charge >= 0.3 is 25.1 Å². The molecule has 0 bridgehead atoms. The molecule has 6 atom stereocenters. The summed E-state index contributed by atoms with van der Waals surface area (Å²) in [4.78, 5) is 70.4. The van der Waals surface area contributed by atoms with Crippen molar-refractivity contribution in [3.8, 4) is 0 Å². The molecule has 4 rings (SSSR count). The number of hydrogen-bond donors (Lipinski definition) is 3. The molecule has 2 aliphatic heterocycles. The Labute approximate surface area is 270 Å². The van der Waals surface area contributed by atoms with Crippen molar-refractivity contribution in [1.82, 2.24) is 24.2 Å². The number of nitrogens with one attached hydrogen (secondary N) is 3. The van der Waals surface area contributed by atoms with Crippen LogP contribution >= 0.6 is 7.75 Å². The minimum Gasteiger partial charge on any atom is -0.466 e. The van der Waals surface area contributed by atoms with Gasteiger partial charge in [0.25, 0.3) is 11.1 Å². The molecule has 2 fully saturated rings. The van der Waals surface area contributed by atoms with Crippen LogP contribution in [0.2, 0.25) is 0 Å². The number of aromatic amines is 2. The predicted molar refractivity (Wildman–Crippen MR) is 164 cm³/mol. The van der Waals surface area contributed by atoms with Crippen LogP contribution in [0.15, 0.2) is 41.8 Å². The summed E-state index contributed by atoms with van der Waals surface area (Å²) in [5.41, 5.74) is 16.1. The lowest BCUT2D eigenvalue weighted by Gasteiger charge is -2.24. The predicted octanol–water partition coefficient (Wildman–Crippen LogP) is 1.32. The third-order valence-electron chi connectivity index (χ3n) is 7.48. The average Bonchev–Trinajstić information content (AvgIpc) is 3.63. The first-order valence-corrected chi connectivity index (χ1v) is 16.3. The molecule has 0 saturated carbocycles. The third-order valence-corrected chi connectivity index (χ3v) is 9.07. The summed E-state index contributed by atoms with van der Waals surface area (Å²) < 4.78 is 44.3. The Morgan fingerprint density at radius 1 is 0.938 bits per heavy atom. The van der Waals surface area contributed by atoms with Crippen LogP contribution in [0.3, 0.4) is 0 Å². The Kier molecular flexibility index (Phi) is 12.1. The number of esters is 1. The number of azide groups is 2. The lowest BCUT2D eigenvalue weighted by molar-refractivity contribution is -0.142. The van der Waals surface area contributed by atoms with Crippen molar-refractivity contribution in [2.45, 2.75) is 76.8 Å². The van der Waals surface area contributed by atoms with Gasteiger partial charge in [0.05, 0.1) is 50.5 Å². The molecule has 4 heterocycles. The Balaban J connectivity index is 1.51. The van der Waals surface area contributed by atoms with Crippen molar-refractivity contribution in [2.24, 2.45) is 10.2 Å². The van der Waals surface area contributed by atoms with Gasteiger partial charge in [0.15, 0.2) is 0 Å². The summed E-state index contributed by atoms with van der Waals surface area (Å²) in [6.07, 6.45) is -1.60. The molecule has 2 aromatic heterocycles. The number of nitrogens with zero attached hydrogens (tertiary/aromatic N) is 8. The highest BCUT2D eigenvalue weighted by molar-refractivity contribution is 7.51. The fraction of sp³-hybridized carbons (Fsp3) is 0.640. The zero-order valence-corrected chi connectivity index (χ0v) is 27.0. The van der Waals surface area contributed by atoms with Gasteiger partial charge < -0.3 is 14.2 Å². The van der Waals surface area contributed by atoms with Gasteiger partial charge in [0.1, 0.15) is 12.5 Å². The van der Waals surface area contributed by atoms with E-state index in [1.807, 2.05) is 0 Å². The van der Waals surface area contributed by atoms with Crippen LogP contribution in [0.1, 0.15) is 49.8 Å². The normalized spacial score (nSPS) is 24.7. The largest absolute Gasteiger partial charge is 0.466 e. The smallest absolute Gasteiger partial charge is 0.405 e. The Hall–Kier alpha value is -4.52. The van der Waals surface area contributed by atoms with E-state index in [4.69, 9.17) is 34.3 Å². The average molecular weight is 696 g/mol. The molecule has 3 N–H and O–H groups in total.